The number of aromatic nitrogens is 2. The van der Waals surface area contributed by atoms with Gasteiger partial charge in [-0.05, 0) is 29.8 Å². The number of rotatable bonds is 2. The minimum Gasteiger partial charge on any atom is -0.497 e. The summed E-state index contributed by atoms with van der Waals surface area (Å²) < 4.78 is 10.6. The fourth-order valence-corrected chi connectivity index (χ4v) is 1.66. The molecule has 0 N–H and O–H groups in total. The summed E-state index contributed by atoms with van der Waals surface area (Å²) in [5.41, 5.74) is 0.769. The van der Waals surface area contributed by atoms with E-state index in [4.69, 9.17) is 20.9 Å². The van der Waals surface area contributed by atoms with Crippen LogP contribution in [0.25, 0.3) is 11.4 Å². The third kappa shape index (κ3) is 2.13. The molecule has 2 rings (SSSR count). The highest BCUT2D eigenvalue weighted by Gasteiger charge is 2.11. The molecule has 1 aromatic carbocycles. The summed E-state index contributed by atoms with van der Waals surface area (Å²) in [6.45, 7) is 0. The highest BCUT2D eigenvalue weighted by atomic mass is 79.9. The summed E-state index contributed by atoms with van der Waals surface area (Å²) in [5, 5.41) is 3.73. The lowest BCUT2D eigenvalue weighted by atomic mass is 10.2. The molecule has 4 nitrogen and oxygen atoms in total. The molecule has 1 aromatic heterocycles. The van der Waals surface area contributed by atoms with Crippen LogP contribution in [0.15, 0.2) is 27.2 Å². The Bertz CT molecular complexity index is 487. The summed E-state index contributed by atoms with van der Waals surface area (Å²) in [7, 11) is 1.59. The van der Waals surface area contributed by atoms with E-state index in [2.05, 4.69) is 26.1 Å². The van der Waals surface area contributed by atoms with Crippen molar-refractivity contribution < 1.29 is 9.26 Å². The molecule has 78 valence electrons. The molecule has 1 heterocycles. The lowest BCUT2D eigenvalue weighted by Gasteiger charge is -2.02. The first-order valence-corrected chi connectivity index (χ1v) is 5.21. The fraction of sp³-hybridized carbons (Fsp3) is 0.111. The van der Waals surface area contributed by atoms with Crippen LogP contribution in [0, 0.1) is 0 Å². The molecule has 0 bridgehead atoms. The first-order chi connectivity index (χ1) is 7.20. The average molecular weight is 290 g/mol. The third-order valence-corrected chi connectivity index (χ3v) is 2.66. The van der Waals surface area contributed by atoms with Gasteiger partial charge in [0.15, 0.2) is 0 Å². The van der Waals surface area contributed by atoms with Crippen molar-refractivity contribution >= 4 is 27.5 Å². The molecular weight excluding hydrogens is 283 g/mol. The van der Waals surface area contributed by atoms with Gasteiger partial charge in [-0.25, -0.2) is 0 Å². The summed E-state index contributed by atoms with van der Waals surface area (Å²) in [4.78, 5) is 3.92. The van der Waals surface area contributed by atoms with Gasteiger partial charge in [-0.3, -0.25) is 0 Å². The van der Waals surface area contributed by atoms with Crippen LogP contribution < -0.4 is 4.74 Å². The second-order valence-corrected chi connectivity index (χ2v) is 3.89. The van der Waals surface area contributed by atoms with E-state index in [9.17, 15) is 0 Å². The molecule has 6 heteroatoms. The average Bonchev–Trinajstić information content (AvgIpc) is 2.65. The van der Waals surface area contributed by atoms with Gasteiger partial charge in [0.2, 0.25) is 5.82 Å². The lowest BCUT2D eigenvalue weighted by Crippen LogP contribution is -1.86. The van der Waals surface area contributed by atoms with Crippen LogP contribution in [0.5, 0.6) is 5.75 Å². The van der Waals surface area contributed by atoms with E-state index >= 15 is 0 Å². The maximum absolute atomic E-state index is 5.55. The van der Waals surface area contributed by atoms with Crippen LogP contribution >= 0.6 is 27.5 Å². The first-order valence-electron chi connectivity index (χ1n) is 4.04. The Hall–Kier alpha value is -1.07. The van der Waals surface area contributed by atoms with E-state index < -0.39 is 0 Å². The molecule has 0 aliphatic rings. The number of hydrogen-bond donors (Lipinski definition) is 0. The Morgan fingerprint density at radius 3 is 2.87 bits per heavy atom. The number of halogens is 2. The van der Waals surface area contributed by atoms with Crippen molar-refractivity contribution in [2.45, 2.75) is 0 Å². The van der Waals surface area contributed by atoms with Crippen LogP contribution in [0.3, 0.4) is 0 Å². The zero-order valence-corrected chi connectivity index (χ0v) is 10.0. The quantitative estimate of drug-likeness (QED) is 0.852. The highest BCUT2D eigenvalue weighted by molar-refractivity contribution is 9.10. The minimum absolute atomic E-state index is 0.0136. The van der Waals surface area contributed by atoms with E-state index in [1.54, 1.807) is 13.2 Å². The van der Waals surface area contributed by atoms with Crippen molar-refractivity contribution in [2.24, 2.45) is 0 Å². The third-order valence-electron chi connectivity index (χ3n) is 1.82. The topological polar surface area (TPSA) is 48.2 Å². The summed E-state index contributed by atoms with van der Waals surface area (Å²) >= 11 is 8.93. The number of ether oxygens (including phenoxy) is 1. The second kappa shape index (κ2) is 4.20. The smallest absolute Gasteiger partial charge is 0.320 e. The van der Waals surface area contributed by atoms with Crippen LogP contribution in [0.1, 0.15) is 0 Å². The molecule has 0 atom stereocenters. The van der Waals surface area contributed by atoms with E-state index in [1.807, 2.05) is 12.1 Å². The van der Waals surface area contributed by atoms with E-state index in [1.165, 1.54) is 0 Å². The highest BCUT2D eigenvalue weighted by Crippen LogP contribution is 2.30. The molecule has 2 aromatic rings. The van der Waals surface area contributed by atoms with Crippen molar-refractivity contribution in [1.29, 1.82) is 0 Å². The number of methoxy groups -OCH3 is 1. The fourth-order valence-electron chi connectivity index (χ4n) is 1.12. The van der Waals surface area contributed by atoms with Gasteiger partial charge in [0.1, 0.15) is 5.75 Å². The number of hydrogen-bond acceptors (Lipinski definition) is 4. The summed E-state index contributed by atoms with van der Waals surface area (Å²) in [5.74, 6) is 1.14. The second-order valence-electron chi connectivity index (χ2n) is 2.72. The van der Waals surface area contributed by atoms with Crippen LogP contribution in [0.4, 0.5) is 0 Å². The van der Waals surface area contributed by atoms with Crippen molar-refractivity contribution in [3.8, 4) is 17.1 Å². The molecule has 0 radical (unpaired) electrons. The van der Waals surface area contributed by atoms with Crippen LogP contribution in [-0.4, -0.2) is 17.3 Å². The van der Waals surface area contributed by atoms with Crippen LogP contribution in [-0.2, 0) is 0 Å². The molecule has 0 aliphatic heterocycles. The Balaban J connectivity index is 2.51. The van der Waals surface area contributed by atoms with E-state index in [-0.39, 0.29) is 5.35 Å². The molecule has 0 saturated heterocycles. The summed E-state index contributed by atoms with van der Waals surface area (Å²) in [6.07, 6.45) is 0. The predicted molar refractivity (Wildman–Crippen MR) is 59.0 cm³/mol. The van der Waals surface area contributed by atoms with Crippen molar-refractivity contribution in [3.63, 3.8) is 0 Å². The zero-order chi connectivity index (χ0) is 10.8. The molecule has 0 fully saturated rings. The molecule has 15 heavy (non-hydrogen) atoms. The first kappa shape index (κ1) is 10.4. The van der Waals surface area contributed by atoms with Gasteiger partial charge in [-0.1, -0.05) is 21.1 Å². The van der Waals surface area contributed by atoms with Crippen molar-refractivity contribution in [2.75, 3.05) is 7.11 Å². The SMILES string of the molecule is COc1ccc(Br)c(-c2noc(Cl)n2)c1. The monoisotopic (exact) mass is 288 g/mol. The number of benzene rings is 1. The largest absolute Gasteiger partial charge is 0.497 e. The van der Waals surface area contributed by atoms with Gasteiger partial charge in [0, 0.05) is 10.0 Å². The Kier molecular flexibility index (Phi) is 2.93. The summed E-state index contributed by atoms with van der Waals surface area (Å²) in [6, 6.07) is 5.47. The normalized spacial score (nSPS) is 10.3. The van der Waals surface area contributed by atoms with Crippen molar-refractivity contribution in [1.82, 2.24) is 10.1 Å². The molecular formula is C9H6BrClN2O2. The van der Waals surface area contributed by atoms with E-state index in [0.717, 1.165) is 10.0 Å². The molecule has 0 amide bonds. The minimum atomic E-state index is 0.0136. The van der Waals surface area contributed by atoms with Gasteiger partial charge in [-0.15, -0.1) is 0 Å². The van der Waals surface area contributed by atoms with Crippen molar-refractivity contribution in [3.05, 3.63) is 28.0 Å². The van der Waals surface area contributed by atoms with E-state index in [0.29, 0.717) is 11.6 Å². The standard InChI is InChI=1S/C9H6BrClN2O2/c1-14-5-2-3-7(10)6(4-5)8-12-9(11)15-13-8/h2-4H,1H3. The van der Waals surface area contributed by atoms with Gasteiger partial charge in [0.25, 0.3) is 0 Å². The number of nitrogens with zero attached hydrogens (tertiary/aromatic N) is 2. The predicted octanol–water partition coefficient (Wildman–Crippen LogP) is 3.16. The van der Waals surface area contributed by atoms with Gasteiger partial charge in [-0.2, -0.15) is 4.98 Å². The Labute approximate surface area is 99.3 Å². The zero-order valence-electron chi connectivity index (χ0n) is 7.70. The van der Waals surface area contributed by atoms with Gasteiger partial charge in [0.05, 0.1) is 7.11 Å². The maximum atomic E-state index is 5.55. The maximum Gasteiger partial charge on any atom is 0.320 e. The molecule has 0 aliphatic carbocycles. The molecule has 0 saturated carbocycles. The Morgan fingerprint density at radius 2 is 2.27 bits per heavy atom. The lowest BCUT2D eigenvalue weighted by molar-refractivity contribution is 0.414. The molecule has 0 unspecified atom stereocenters. The van der Waals surface area contributed by atoms with Crippen LogP contribution in [0.2, 0.25) is 5.35 Å². The van der Waals surface area contributed by atoms with Gasteiger partial charge < -0.3 is 9.26 Å². The van der Waals surface area contributed by atoms with Gasteiger partial charge >= 0.3 is 5.35 Å². The Morgan fingerprint density at radius 1 is 1.47 bits per heavy atom. The molecule has 0 spiro atoms.